The monoisotopic (exact) mass is 638 g/mol. The average Bonchev–Trinajstić information content (AvgIpc) is 3.05. The Morgan fingerprint density at radius 3 is 1.36 bits per heavy atom. The third-order valence-electron chi connectivity index (χ3n) is 9.45. The van der Waals surface area contributed by atoms with Gasteiger partial charge >= 0.3 is 12.4 Å². The zero-order valence-corrected chi connectivity index (χ0v) is 26.0. The first-order chi connectivity index (χ1) is 21.6. The van der Waals surface area contributed by atoms with Crippen LogP contribution in [0.25, 0.3) is 33.4 Å². The van der Waals surface area contributed by atoms with Crippen molar-refractivity contribution in [2.75, 3.05) is 0 Å². The van der Waals surface area contributed by atoms with Gasteiger partial charge in [0.05, 0.1) is 11.1 Å². The van der Waals surface area contributed by atoms with Gasteiger partial charge in [-0.25, -0.2) is 0 Å². The van der Waals surface area contributed by atoms with Crippen molar-refractivity contribution < 1.29 is 26.3 Å². The van der Waals surface area contributed by atoms with Crippen molar-refractivity contribution in [1.82, 2.24) is 0 Å². The molecule has 0 N–H and O–H groups in total. The lowest BCUT2D eigenvalue weighted by atomic mass is 9.87. The topological polar surface area (TPSA) is 0 Å². The highest BCUT2D eigenvalue weighted by molar-refractivity contribution is 7.67. The van der Waals surface area contributed by atoms with Gasteiger partial charge in [-0.3, -0.25) is 0 Å². The summed E-state index contributed by atoms with van der Waals surface area (Å²) in [4.78, 5) is 0. The SMILES string of the molecule is FC(F)(F)c1cccc(-c2cccc(-c3cccc(C(F)(F)F)c3)c2-c2ccccc2P(C2CCCCC2)C2CCCCC2)c1. The molecule has 2 saturated carbocycles. The Bertz CT molecular complexity index is 1520. The molecule has 2 aliphatic carbocycles. The quantitative estimate of drug-likeness (QED) is 0.146. The van der Waals surface area contributed by atoms with E-state index in [9.17, 15) is 26.3 Å². The lowest BCUT2D eigenvalue weighted by Gasteiger charge is -2.40. The van der Waals surface area contributed by atoms with Gasteiger partial charge in [-0.2, -0.15) is 26.3 Å². The Morgan fingerprint density at radius 1 is 0.467 bits per heavy atom. The van der Waals surface area contributed by atoms with Gasteiger partial charge < -0.3 is 0 Å². The number of rotatable bonds is 6. The van der Waals surface area contributed by atoms with E-state index in [-0.39, 0.29) is 0 Å². The van der Waals surface area contributed by atoms with Crippen molar-refractivity contribution in [3.63, 3.8) is 0 Å². The van der Waals surface area contributed by atoms with E-state index >= 15 is 0 Å². The molecule has 2 aliphatic rings. The van der Waals surface area contributed by atoms with E-state index in [0.29, 0.717) is 39.1 Å². The fourth-order valence-electron chi connectivity index (χ4n) is 7.37. The lowest BCUT2D eigenvalue weighted by molar-refractivity contribution is -0.138. The molecule has 0 spiro atoms. The van der Waals surface area contributed by atoms with E-state index in [1.54, 1.807) is 18.2 Å². The minimum absolute atomic E-state index is 0.392. The molecule has 0 nitrogen and oxygen atoms in total. The maximum atomic E-state index is 13.9. The molecule has 4 aromatic rings. The molecule has 6 rings (SSSR count). The molecule has 0 radical (unpaired) electrons. The molecule has 0 saturated heterocycles. The molecule has 236 valence electrons. The first-order valence-electron chi connectivity index (χ1n) is 16.0. The van der Waals surface area contributed by atoms with Crippen molar-refractivity contribution >= 4 is 13.2 Å². The molecule has 0 unspecified atom stereocenters. The van der Waals surface area contributed by atoms with Crippen LogP contribution in [0.1, 0.15) is 75.3 Å². The van der Waals surface area contributed by atoms with Gasteiger partial charge in [0.2, 0.25) is 0 Å². The van der Waals surface area contributed by atoms with E-state index < -0.39 is 31.4 Å². The molecule has 7 heteroatoms. The minimum Gasteiger partial charge on any atom is -0.166 e. The zero-order chi connectivity index (χ0) is 31.6. The van der Waals surface area contributed by atoms with Gasteiger partial charge in [-0.05, 0) is 100.0 Å². The summed E-state index contributed by atoms with van der Waals surface area (Å²) >= 11 is 0. The second-order valence-electron chi connectivity index (χ2n) is 12.4. The average molecular weight is 639 g/mol. The molecule has 0 amide bonds. The van der Waals surface area contributed by atoms with Gasteiger partial charge in [0.25, 0.3) is 0 Å². The summed E-state index contributed by atoms with van der Waals surface area (Å²) in [5.41, 5.74) is 3.21. The van der Waals surface area contributed by atoms with Crippen LogP contribution in [0.15, 0.2) is 91.0 Å². The third-order valence-corrected chi connectivity index (χ3v) is 13.0. The number of benzene rings is 4. The molecular weight excluding hydrogens is 601 g/mol. The predicted octanol–water partition coefficient (Wildman–Crippen LogP) is 12.5. The summed E-state index contributed by atoms with van der Waals surface area (Å²) in [7, 11) is -0.609. The van der Waals surface area contributed by atoms with E-state index in [0.717, 1.165) is 29.8 Å². The largest absolute Gasteiger partial charge is 0.416 e. The normalized spacial score (nSPS) is 17.1. The summed E-state index contributed by atoms with van der Waals surface area (Å²) < 4.78 is 83.3. The maximum absolute atomic E-state index is 13.9. The molecule has 0 atom stereocenters. The Morgan fingerprint density at radius 2 is 0.889 bits per heavy atom. The molecule has 45 heavy (non-hydrogen) atoms. The van der Waals surface area contributed by atoms with Gasteiger partial charge in [-0.1, -0.05) is 113 Å². The van der Waals surface area contributed by atoms with Gasteiger partial charge in [0.1, 0.15) is 0 Å². The lowest BCUT2D eigenvalue weighted by Crippen LogP contribution is -2.27. The molecular formula is C38H37F6P. The number of hydrogen-bond acceptors (Lipinski definition) is 0. The Hall–Kier alpha value is -3.11. The van der Waals surface area contributed by atoms with Crippen LogP contribution < -0.4 is 5.30 Å². The van der Waals surface area contributed by atoms with Crippen LogP contribution in [-0.2, 0) is 12.4 Å². The zero-order valence-electron chi connectivity index (χ0n) is 25.1. The summed E-state index contributed by atoms with van der Waals surface area (Å²) in [6, 6.07) is 24.2. The van der Waals surface area contributed by atoms with Crippen LogP contribution in [0.2, 0.25) is 0 Å². The standard InChI is InChI=1S/C38H37F6P/c39-37(40,41)28-14-9-12-26(24-28)32-21-11-22-33(27-13-10-15-29(25-27)38(42,43)44)36(32)34-20-7-8-23-35(34)45(30-16-3-1-4-17-30)31-18-5-2-6-19-31/h7-15,20-25,30-31H,1-6,16-19H2. The third kappa shape index (κ3) is 7.02. The highest BCUT2D eigenvalue weighted by Gasteiger charge is 2.35. The smallest absolute Gasteiger partial charge is 0.166 e. The number of hydrogen-bond donors (Lipinski definition) is 0. The van der Waals surface area contributed by atoms with Crippen molar-refractivity contribution in [3.8, 4) is 33.4 Å². The van der Waals surface area contributed by atoms with Gasteiger partial charge in [0.15, 0.2) is 0 Å². The highest BCUT2D eigenvalue weighted by atomic mass is 31.1. The minimum atomic E-state index is -4.52. The summed E-state index contributed by atoms with van der Waals surface area (Å²) in [6.07, 6.45) is 2.93. The Kier molecular flexibility index (Phi) is 9.43. The number of alkyl halides is 6. The summed E-state index contributed by atoms with van der Waals surface area (Å²) in [6.45, 7) is 0. The molecule has 4 aromatic carbocycles. The van der Waals surface area contributed by atoms with Crippen molar-refractivity contribution in [2.24, 2.45) is 0 Å². The molecule has 2 fully saturated rings. The molecule has 0 bridgehead atoms. The number of halogens is 6. The van der Waals surface area contributed by atoms with E-state index in [1.165, 1.54) is 81.6 Å². The molecule has 0 aromatic heterocycles. The fraction of sp³-hybridized carbons (Fsp3) is 0.368. The summed E-state index contributed by atoms with van der Waals surface area (Å²) in [5, 5.41) is 1.24. The van der Waals surface area contributed by atoms with Crippen molar-refractivity contribution in [2.45, 2.75) is 87.9 Å². The first kappa shape index (κ1) is 31.9. The van der Waals surface area contributed by atoms with Crippen LogP contribution in [-0.4, -0.2) is 11.3 Å². The Balaban J connectivity index is 1.61. The van der Waals surface area contributed by atoms with Crippen LogP contribution in [0.4, 0.5) is 26.3 Å². The molecule has 0 aliphatic heterocycles. The van der Waals surface area contributed by atoms with Crippen LogP contribution in [0.5, 0.6) is 0 Å². The van der Waals surface area contributed by atoms with Crippen LogP contribution in [0, 0.1) is 0 Å². The second-order valence-corrected chi connectivity index (χ2v) is 15.2. The van der Waals surface area contributed by atoms with Crippen LogP contribution in [0.3, 0.4) is 0 Å². The maximum Gasteiger partial charge on any atom is 0.416 e. The Labute approximate surface area is 262 Å². The second kappa shape index (κ2) is 13.3. The van der Waals surface area contributed by atoms with Crippen LogP contribution >= 0.6 is 7.92 Å². The van der Waals surface area contributed by atoms with Crippen molar-refractivity contribution in [1.29, 1.82) is 0 Å². The van der Waals surface area contributed by atoms with Crippen molar-refractivity contribution in [3.05, 3.63) is 102 Å². The van der Waals surface area contributed by atoms with E-state index in [2.05, 4.69) is 12.1 Å². The van der Waals surface area contributed by atoms with E-state index in [4.69, 9.17) is 0 Å². The fourth-order valence-corrected chi connectivity index (χ4v) is 11.3. The first-order valence-corrected chi connectivity index (χ1v) is 17.5. The van der Waals surface area contributed by atoms with Gasteiger partial charge in [0, 0.05) is 0 Å². The highest BCUT2D eigenvalue weighted by Crippen LogP contribution is 2.57. The molecule has 0 heterocycles. The van der Waals surface area contributed by atoms with E-state index in [1.807, 2.05) is 24.3 Å². The summed E-state index contributed by atoms with van der Waals surface area (Å²) in [5.74, 6) is 0. The van der Waals surface area contributed by atoms with Gasteiger partial charge in [-0.15, -0.1) is 0 Å². The predicted molar refractivity (Wildman–Crippen MR) is 173 cm³/mol.